The van der Waals surface area contributed by atoms with Crippen molar-refractivity contribution in [3.63, 3.8) is 0 Å². The standard InChI is InChI=1S/C31H41N3O9/c1-20(2)28(29(36)33-21(3)30(37)38)34-27(35)19-42-17-16-41-15-14-40-13-12-32-31(39)43-18-26-24-10-6-4-8-22(24)23-9-5-7-11-25(23)26/h4-11,20-21,26,28H,12-19H2,1-3H3,(H,32,39)(H,33,36)(H,34,35)(H,37,38)/t21-,28-/m0/s1. The van der Waals surface area contributed by atoms with E-state index in [0.717, 1.165) is 11.1 Å². The first-order valence-corrected chi connectivity index (χ1v) is 14.3. The van der Waals surface area contributed by atoms with Gasteiger partial charge in [0.05, 0.1) is 33.0 Å². The number of rotatable bonds is 18. The Kier molecular flexibility index (Phi) is 13.4. The zero-order valence-corrected chi connectivity index (χ0v) is 24.8. The van der Waals surface area contributed by atoms with E-state index in [0.29, 0.717) is 26.4 Å². The molecule has 0 saturated heterocycles. The van der Waals surface area contributed by atoms with Gasteiger partial charge in [-0.25, -0.2) is 4.79 Å². The zero-order valence-electron chi connectivity index (χ0n) is 24.8. The van der Waals surface area contributed by atoms with Gasteiger partial charge >= 0.3 is 12.1 Å². The summed E-state index contributed by atoms with van der Waals surface area (Å²) in [6.07, 6.45) is -0.502. The van der Waals surface area contributed by atoms with Gasteiger partial charge < -0.3 is 40.0 Å². The van der Waals surface area contributed by atoms with Crippen molar-refractivity contribution in [3.05, 3.63) is 59.7 Å². The van der Waals surface area contributed by atoms with Gasteiger partial charge in [0, 0.05) is 12.5 Å². The fourth-order valence-electron chi connectivity index (χ4n) is 4.59. The van der Waals surface area contributed by atoms with Crippen LogP contribution >= 0.6 is 0 Å². The van der Waals surface area contributed by atoms with Crippen molar-refractivity contribution in [2.75, 3.05) is 52.8 Å². The number of hydrogen-bond acceptors (Lipinski definition) is 8. The van der Waals surface area contributed by atoms with Crippen molar-refractivity contribution >= 4 is 23.9 Å². The van der Waals surface area contributed by atoms with E-state index in [9.17, 15) is 19.2 Å². The average molecular weight is 600 g/mol. The van der Waals surface area contributed by atoms with Crippen molar-refractivity contribution in [2.45, 2.75) is 38.8 Å². The number of alkyl carbamates (subject to hydrolysis) is 1. The van der Waals surface area contributed by atoms with Crippen LogP contribution in [0.15, 0.2) is 48.5 Å². The van der Waals surface area contributed by atoms with Crippen LogP contribution in [-0.2, 0) is 33.3 Å². The summed E-state index contributed by atoms with van der Waals surface area (Å²) >= 11 is 0. The molecule has 1 aliphatic rings. The van der Waals surface area contributed by atoms with Gasteiger partial charge in [-0.1, -0.05) is 62.4 Å². The summed E-state index contributed by atoms with van der Waals surface area (Å²) in [5.41, 5.74) is 4.65. The fourth-order valence-corrected chi connectivity index (χ4v) is 4.59. The van der Waals surface area contributed by atoms with Gasteiger partial charge in [0.25, 0.3) is 0 Å². The molecule has 0 fully saturated rings. The third-order valence-electron chi connectivity index (χ3n) is 6.83. The van der Waals surface area contributed by atoms with Crippen LogP contribution in [0.5, 0.6) is 0 Å². The Morgan fingerprint density at radius 1 is 0.791 bits per heavy atom. The molecule has 2 aromatic rings. The van der Waals surface area contributed by atoms with Crippen LogP contribution in [0.25, 0.3) is 11.1 Å². The topological polar surface area (TPSA) is 162 Å². The number of carbonyl (C=O) groups excluding carboxylic acids is 3. The van der Waals surface area contributed by atoms with Crippen LogP contribution in [0.1, 0.15) is 37.8 Å². The van der Waals surface area contributed by atoms with Crippen LogP contribution in [0.3, 0.4) is 0 Å². The van der Waals surface area contributed by atoms with Crippen LogP contribution in [0.2, 0.25) is 0 Å². The van der Waals surface area contributed by atoms with Crippen molar-refractivity contribution in [2.24, 2.45) is 5.92 Å². The van der Waals surface area contributed by atoms with Gasteiger partial charge in [0.2, 0.25) is 11.8 Å². The summed E-state index contributed by atoms with van der Waals surface area (Å²) in [6.45, 7) is 6.39. The van der Waals surface area contributed by atoms with Gasteiger partial charge in [0.1, 0.15) is 25.3 Å². The van der Waals surface area contributed by atoms with Gasteiger partial charge in [-0.3, -0.25) is 14.4 Å². The van der Waals surface area contributed by atoms with Gasteiger partial charge in [-0.15, -0.1) is 0 Å². The molecule has 12 heteroatoms. The number of carboxylic acids is 1. The van der Waals surface area contributed by atoms with Crippen molar-refractivity contribution in [1.29, 1.82) is 0 Å². The Morgan fingerprint density at radius 3 is 1.93 bits per heavy atom. The van der Waals surface area contributed by atoms with E-state index in [2.05, 4.69) is 40.2 Å². The van der Waals surface area contributed by atoms with E-state index < -0.39 is 36.0 Å². The minimum atomic E-state index is -1.17. The third-order valence-corrected chi connectivity index (χ3v) is 6.83. The van der Waals surface area contributed by atoms with Crippen molar-refractivity contribution in [3.8, 4) is 11.1 Å². The molecule has 2 atom stereocenters. The number of hydrogen-bond donors (Lipinski definition) is 4. The SMILES string of the molecule is CC(C)[C@H](NC(=O)COCCOCCOCCNC(=O)OCC1c2ccccc2-c2ccccc21)C(=O)N[C@@H](C)C(=O)O. The molecule has 0 spiro atoms. The lowest BCUT2D eigenvalue weighted by Gasteiger charge is -2.22. The highest BCUT2D eigenvalue weighted by molar-refractivity contribution is 5.90. The Hall–Kier alpha value is -4.00. The summed E-state index contributed by atoms with van der Waals surface area (Å²) < 4.78 is 21.6. The molecule has 4 N–H and O–H groups in total. The lowest BCUT2D eigenvalue weighted by Crippen LogP contribution is -2.53. The smallest absolute Gasteiger partial charge is 0.407 e. The molecule has 0 aliphatic heterocycles. The molecule has 12 nitrogen and oxygen atoms in total. The molecule has 0 bridgehead atoms. The maximum absolute atomic E-state index is 12.3. The maximum Gasteiger partial charge on any atom is 0.407 e. The monoisotopic (exact) mass is 599 g/mol. The first-order chi connectivity index (χ1) is 20.7. The number of benzene rings is 2. The molecule has 0 aromatic heterocycles. The molecule has 3 rings (SSSR count). The molecule has 43 heavy (non-hydrogen) atoms. The molecule has 2 aromatic carbocycles. The Bertz CT molecular complexity index is 1190. The molecule has 3 amide bonds. The second-order valence-electron chi connectivity index (χ2n) is 10.4. The quantitative estimate of drug-likeness (QED) is 0.188. The number of nitrogens with one attached hydrogen (secondary N) is 3. The Labute approximate surface area is 251 Å². The summed E-state index contributed by atoms with van der Waals surface area (Å²) in [5, 5.41) is 16.5. The molecule has 1 aliphatic carbocycles. The number of amides is 3. The van der Waals surface area contributed by atoms with Crippen LogP contribution in [0.4, 0.5) is 4.79 Å². The van der Waals surface area contributed by atoms with E-state index in [4.69, 9.17) is 24.1 Å². The number of fused-ring (bicyclic) bond motifs is 3. The lowest BCUT2D eigenvalue weighted by atomic mass is 9.98. The molecule has 0 unspecified atom stereocenters. The van der Waals surface area contributed by atoms with Gasteiger partial charge in [-0.2, -0.15) is 0 Å². The van der Waals surface area contributed by atoms with E-state index in [1.165, 1.54) is 18.1 Å². The van der Waals surface area contributed by atoms with Gasteiger partial charge in [0.15, 0.2) is 0 Å². The van der Waals surface area contributed by atoms with E-state index in [-0.39, 0.29) is 38.3 Å². The van der Waals surface area contributed by atoms with Crippen molar-refractivity contribution < 1.29 is 43.2 Å². The van der Waals surface area contributed by atoms with Crippen LogP contribution in [0, 0.1) is 5.92 Å². The predicted octanol–water partition coefficient (Wildman–Crippen LogP) is 2.31. The molecule has 0 saturated carbocycles. The molecule has 234 valence electrons. The van der Waals surface area contributed by atoms with Crippen molar-refractivity contribution in [1.82, 2.24) is 16.0 Å². The number of carbonyl (C=O) groups is 4. The minimum absolute atomic E-state index is 0.00253. The molecule has 0 radical (unpaired) electrons. The van der Waals surface area contributed by atoms with Crippen LogP contribution in [-0.4, -0.2) is 93.9 Å². The third kappa shape index (κ3) is 10.3. The number of aliphatic carboxylic acids is 1. The van der Waals surface area contributed by atoms with E-state index in [1.54, 1.807) is 13.8 Å². The number of carboxylic acid groups (broad SMARTS) is 1. The lowest BCUT2D eigenvalue weighted by molar-refractivity contribution is -0.142. The molecule has 0 heterocycles. The van der Waals surface area contributed by atoms with E-state index in [1.807, 2.05) is 24.3 Å². The Balaban J connectivity index is 1.19. The number of ether oxygens (including phenoxy) is 4. The second-order valence-corrected chi connectivity index (χ2v) is 10.4. The fraction of sp³-hybridized carbons (Fsp3) is 0.484. The molecular weight excluding hydrogens is 558 g/mol. The van der Waals surface area contributed by atoms with Gasteiger partial charge in [-0.05, 0) is 35.1 Å². The highest BCUT2D eigenvalue weighted by atomic mass is 16.6. The summed E-state index contributed by atoms with van der Waals surface area (Å²) in [6, 6.07) is 14.4. The predicted molar refractivity (Wildman–Crippen MR) is 158 cm³/mol. The van der Waals surface area contributed by atoms with E-state index >= 15 is 0 Å². The summed E-state index contributed by atoms with van der Waals surface area (Å²) in [5.74, 6) is -2.48. The largest absolute Gasteiger partial charge is 0.480 e. The average Bonchev–Trinajstić information content (AvgIpc) is 3.30. The minimum Gasteiger partial charge on any atom is -0.480 e. The second kappa shape index (κ2) is 17.2. The first kappa shape index (κ1) is 33.5. The molecular formula is C31H41N3O9. The zero-order chi connectivity index (χ0) is 31.2. The van der Waals surface area contributed by atoms with Crippen LogP contribution < -0.4 is 16.0 Å². The summed E-state index contributed by atoms with van der Waals surface area (Å²) in [7, 11) is 0. The highest BCUT2D eigenvalue weighted by Crippen LogP contribution is 2.44. The first-order valence-electron chi connectivity index (χ1n) is 14.3. The maximum atomic E-state index is 12.3. The highest BCUT2D eigenvalue weighted by Gasteiger charge is 2.29. The normalized spacial score (nSPS) is 13.5. The Morgan fingerprint density at radius 2 is 1.35 bits per heavy atom. The summed E-state index contributed by atoms with van der Waals surface area (Å²) in [4.78, 5) is 47.6.